The molecule has 0 aliphatic carbocycles. The van der Waals surface area contributed by atoms with E-state index in [9.17, 15) is 8.42 Å². The van der Waals surface area contributed by atoms with Crippen LogP contribution < -0.4 is 0 Å². The zero-order valence-corrected chi connectivity index (χ0v) is 15.1. The van der Waals surface area contributed by atoms with Crippen LogP contribution in [0, 0.1) is 11.3 Å². The van der Waals surface area contributed by atoms with Crippen LogP contribution in [0.1, 0.15) is 25.7 Å². The highest BCUT2D eigenvalue weighted by Gasteiger charge is 2.31. The first-order chi connectivity index (χ1) is 10.9. The molecular formula is C15H29N5O2S. The molecule has 7 nitrogen and oxygen atoms in total. The van der Waals surface area contributed by atoms with Crippen LogP contribution in [0.2, 0.25) is 0 Å². The van der Waals surface area contributed by atoms with Gasteiger partial charge >= 0.3 is 0 Å². The molecule has 0 aromatic carbocycles. The number of likely N-dealkylation sites (N-methyl/N-ethyl adjacent to an activating group) is 1. The standard InChI is InChI=1S/C15H29N5O2S/c1-17-8-4-3-6-15(17)14-19-10-12-20(13-11-19)23(21,22)18(2)9-5-7-16/h15H,3-6,8-14H2,1-2H3/t15-/m0/s1. The molecule has 2 saturated heterocycles. The van der Waals surface area contributed by atoms with Crippen LogP contribution in [0.25, 0.3) is 0 Å². The molecule has 0 aromatic rings. The Morgan fingerprint density at radius 3 is 2.48 bits per heavy atom. The van der Waals surface area contributed by atoms with Crippen molar-refractivity contribution in [1.29, 1.82) is 5.26 Å². The summed E-state index contributed by atoms with van der Waals surface area (Å²) in [5.41, 5.74) is 0. The van der Waals surface area contributed by atoms with Crippen molar-refractivity contribution in [3.8, 4) is 6.07 Å². The zero-order valence-electron chi connectivity index (χ0n) is 14.3. The monoisotopic (exact) mass is 343 g/mol. The molecule has 8 heteroatoms. The van der Waals surface area contributed by atoms with E-state index in [1.807, 2.05) is 6.07 Å². The van der Waals surface area contributed by atoms with Gasteiger partial charge in [0.25, 0.3) is 10.2 Å². The second-order valence-electron chi connectivity index (χ2n) is 6.57. The Hall–Kier alpha value is -0.720. The smallest absolute Gasteiger partial charge is 0.281 e. The van der Waals surface area contributed by atoms with Gasteiger partial charge in [-0.1, -0.05) is 6.42 Å². The molecule has 1 atom stereocenters. The SMILES string of the molecule is CN1CCCC[C@H]1CN1CCN(S(=O)(=O)N(C)CCC#N)CC1. The van der Waals surface area contributed by atoms with Gasteiger partial charge < -0.3 is 4.90 Å². The molecule has 0 amide bonds. The third-order valence-electron chi connectivity index (χ3n) is 4.98. The lowest BCUT2D eigenvalue weighted by atomic mass is 10.0. The van der Waals surface area contributed by atoms with E-state index in [0.29, 0.717) is 19.1 Å². The zero-order chi connectivity index (χ0) is 16.9. The molecular weight excluding hydrogens is 314 g/mol. The predicted octanol–water partition coefficient (Wildman–Crippen LogP) is 0.179. The summed E-state index contributed by atoms with van der Waals surface area (Å²) < 4.78 is 27.8. The van der Waals surface area contributed by atoms with Gasteiger partial charge in [-0.05, 0) is 26.4 Å². The molecule has 0 N–H and O–H groups in total. The first-order valence-corrected chi connectivity index (χ1v) is 9.86. The van der Waals surface area contributed by atoms with Crippen molar-refractivity contribution in [2.75, 3.05) is 59.9 Å². The summed E-state index contributed by atoms with van der Waals surface area (Å²) in [5, 5.41) is 8.61. The van der Waals surface area contributed by atoms with Crippen LogP contribution >= 0.6 is 0 Å². The molecule has 0 spiro atoms. The quantitative estimate of drug-likeness (QED) is 0.688. The van der Waals surface area contributed by atoms with Gasteiger partial charge in [-0.15, -0.1) is 0 Å². The highest BCUT2D eigenvalue weighted by molar-refractivity contribution is 7.86. The van der Waals surface area contributed by atoms with Gasteiger partial charge in [-0.2, -0.15) is 22.3 Å². The van der Waals surface area contributed by atoms with Crippen LogP contribution in [0.15, 0.2) is 0 Å². The van der Waals surface area contributed by atoms with E-state index in [4.69, 9.17) is 5.26 Å². The lowest BCUT2D eigenvalue weighted by Crippen LogP contribution is -2.55. The van der Waals surface area contributed by atoms with Crippen molar-refractivity contribution >= 4 is 10.2 Å². The average Bonchev–Trinajstić information content (AvgIpc) is 2.55. The number of likely N-dealkylation sites (tertiary alicyclic amines) is 1. The maximum Gasteiger partial charge on any atom is 0.281 e. The molecule has 23 heavy (non-hydrogen) atoms. The maximum absolute atomic E-state index is 12.5. The molecule has 2 aliphatic heterocycles. The van der Waals surface area contributed by atoms with Gasteiger partial charge in [0.05, 0.1) is 6.07 Å². The number of nitrogens with zero attached hydrogens (tertiary/aromatic N) is 5. The van der Waals surface area contributed by atoms with E-state index in [0.717, 1.165) is 19.6 Å². The normalized spacial score (nSPS) is 25.6. The molecule has 132 valence electrons. The Kier molecular flexibility index (Phi) is 6.80. The van der Waals surface area contributed by atoms with Gasteiger partial charge in [-0.3, -0.25) is 4.90 Å². The molecule has 0 aromatic heterocycles. The van der Waals surface area contributed by atoms with E-state index in [1.165, 1.54) is 30.1 Å². The summed E-state index contributed by atoms with van der Waals surface area (Å²) >= 11 is 0. The van der Waals surface area contributed by atoms with Crippen LogP contribution in [-0.2, 0) is 10.2 Å². The first kappa shape index (κ1) is 18.6. The molecule has 0 unspecified atom stereocenters. The van der Waals surface area contributed by atoms with Crippen molar-refractivity contribution < 1.29 is 8.42 Å². The second kappa shape index (κ2) is 8.40. The number of piperidine rings is 1. The van der Waals surface area contributed by atoms with Crippen LogP contribution in [0.3, 0.4) is 0 Å². The Balaban J connectivity index is 1.82. The Labute approximate surface area is 140 Å². The largest absolute Gasteiger partial charge is 0.302 e. The molecule has 2 aliphatic rings. The van der Waals surface area contributed by atoms with E-state index >= 15 is 0 Å². The van der Waals surface area contributed by atoms with Gasteiger partial charge in [0, 0.05) is 58.8 Å². The summed E-state index contributed by atoms with van der Waals surface area (Å²) in [5.74, 6) is 0. The Bertz CT molecular complexity index is 510. The number of hydrogen-bond donors (Lipinski definition) is 0. The van der Waals surface area contributed by atoms with Crippen LogP contribution in [-0.4, -0.2) is 92.8 Å². The van der Waals surface area contributed by atoms with Gasteiger partial charge in [0.2, 0.25) is 0 Å². The fourth-order valence-electron chi connectivity index (χ4n) is 3.34. The van der Waals surface area contributed by atoms with Gasteiger partial charge in [-0.25, -0.2) is 0 Å². The molecule has 2 rings (SSSR count). The molecule has 2 heterocycles. The van der Waals surface area contributed by atoms with Crippen LogP contribution in [0.5, 0.6) is 0 Å². The van der Waals surface area contributed by atoms with Gasteiger partial charge in [0.1, 0.15) is 0 Å². The summed E-state index contributed by atoms with van der Waals surface area (Å²) in [6, 6.07) is 2.59. The summed E-state index contributed by atoms with van der Waals surface area (Å²) in [6.45, 7) is 5.11. The first-order valence-electron chi connectivity index (χ1n) is 8.46. The Morgan fingerprint density at radius 2 is 1.87 bits per heavy atom. The van der Waals surface area contributed by atoms with Crippen LogP contribution in [0.4, 0.5) is 0 Å². The summed E-state index contributed by atoms with van der Waals surface area (Å²) in [6.07, 6.45) is 4.05. The third-order valence-corrected chi connectivity index (χ3v) is 6.97. The van der Waals surface area contributed by atoms with E-state index < -0.39 is 10.2 Å². The predicted molar refractivity (Wildman–Crippen MR) is 90.1 cm³/mol. The summed E-state index contributed by atoms with van der Waals surface area (Å²) in [4.78, 5) is 4.82. The number of hydrogen-bond acceptors (Lipinski definition) is 5. The average molecular weight is 343 g/mol. The lowest BCUT2D eigenvalue weighted by Gasteiger charge is -2.40. The fourth-order valence-corrected chi connectivity index (χ4v) is 4.68. The topological polar surface area (TPSA) is 70.9 Å². The van der Waals surface area contributed by atoms with Crippen molar-refractivity contribution in [2.24, 2.45) is 0 Å². The fraction of sp³-hybridized carbons (Fsp3) is 0.933. The van der Waals surface area contributed by atoms with Crippen molar-refractivity contribution in [2.45, 2.75) is 31.7 Å². The van der Waals surface area contributed by atoms with E-state index in [2.05, 4.69) is 16.8 Å². The highest BCUT2D eigenvalue weighted by atomic mass is 32.2. The van der Waals surface area contributed by atoms with Crippen molar-refractivity contribution in [3.63, 3.8) is 0 Å². The van der Waals surface area contributed by atoms with Crippen molar-refractivity contribution in [1.82, 2.24) is 18.4 Å². The van der Waals surface area contributed by atoms with Gasteiger partial charge in [0.15, 0.2) is 0 Å². The molecule has 0 radical (unpaired) electrons. The second-order valence-corrected chi connectivity index (χ2v) is 8.60. The minimum absolute atomic E-state index is 0.226. The molecule has 2 fully saturated rings. The van der Waals surface area contributed by atoms with E-state index in [-0.39, 0.29) is 13.0 Å². The minimum Gasteiger partial charge on any atom is -0.302 e. The maximum atomic E-state index is 12.5. The summed E-state index contributed by atoms with van der Waals surface area (Å²) in [7, 11) is 0.318. The third kappa shape index (κ3) is 4.88. The molecule has 0 saturated carbocycles. The molecule has 0 bridgehead atoms. The highest BCUT2D eigenvalue weighted by Crippen LogP contribution is 2.18. The number of rotatable bonds is 6. The van der Waals surface area contributed by atoms with Crippen molar-refractivity contribution in [3.05, 3.63) is 0 Å². The number of piperazine rings is 1. The Morgan fingerprint density at radius 1 is 1.17 bits per heavy atom. The lowest BCUT2D eigenvalue weighted by molar-refractivity contribution is 0.105. The minimum atomic E-state index is -3.42. The number of nitriles is 1. The van der Waals surface area contributed by atoms with E-state index in [1.54, 1.807) is 11.4 Å².